The van der Waals surface area contributed by atoms with Crippen molar-refractivity contribution in [1.82, 2.24) is 40.4 Å². The lowest BCUT2D eigenvalue weighted by molar-refractivity contribution is -0.265. The number of urea groups is 1. The number of carbonyl (C=O) groups is 2. The highest BCUT2D eigenvalue weighted by molar-refractivity contribution is 6.47. The van der Waals surface area contributed by atoms with Gasteiger partial charge in [0.15, 0.2) is 16.9 Å². The minimum atomic E-state index is -4.79. The Labute approximate surface area is 266 Å². The van der Waals surface area contributed by atoms with E-state index >= 15 is 0 Å². The molecule has 47 heavy (non-hydrogen) atoms. The van der Waals surface area contributed by atoms with Crippen molar-refractivity contribution < 1.29 is 50.0 Å². The zero-order valence-corrected chi connectivity index (χ0v) is 26.3. The summed E-state index contributed by atoms with van der Waals surface area (Å²) >= 11 is 0. The van der Waals surface area contributed by atoms with E-state index in [9.17, 15) is 35.9 Å². The van der Waals surface area contributed by atoms with Crippen molar-refractivity contribution in [2.45, 2.75) is 73.4 Å². The fraction of sp³-hybridized carbons (Fsp3) is 0.600. The average molecular weight is 670 g/mol. The molecule has 1 saturated heterocycles. The predicted octanol–water partition coefficient (Wildman–Crippen LogP) is 0.343. The van der Waals surface area contributed by atoms with Gasteiger partial charge in [0.2, 0.25) is 0 Å². The Hall–Kier alpha value is -3.81. The third-order valence-electron chi connectivity index (χ3n) is 9.00. The minimum Gasteiger partial charge on any atom is -0.382 e. The molecule has 0 unspecified atom stereocenters. The average Bonchev–Trinajstić information content (AvgIpc) is 3.45. The van der Waals surface area contributed by atoms with E-state index in [1.807, 2.05) is 0 Å². The van der Waals surface area contributed by atoms with Crippen LogP contribution in [0.4, 0.5) is 31.1 Å². The molecule has 5 rings (SSSR count). The number of hydrogen-bond acceptors (Lipinski definition) is 9. The monoisotopic (exact) mass is 670 g/mol. The van der Waals surface area contributed by atoms with Crippen molar-refractivity contribution in [2.24, 2.45) is 0 Å². The van der Waals surface area contributed by atoms with Gasteiger partial charge in [0.25, 0.3) is 5.91 Å². The number of rotatable bonds is 11. The predicted molar refractivity (Wildman–Crippen MR) is 158 cm³/mol. The number of amides is 3. The third-order valence-corrected chi connectivity index (χ3v) is 9.00. The smallest absolute Gasteiger partial charge is 0.382 e. The Morgan fingerprint density at radius 1 is 1.17 bits per heavy atom. The maximum atomic E-state index is 14.2. The Kier molecular flexibility index (Phi) is 8.60. The van der Waals surface area contributed by atoms with Crippen molar-refractivity contribution in [3.8, 4) is 0 Å². The lowest BCUT2D eigenvalue weighted by Gasteiger charge is -2.45. The summed E-state index contributed by atoms with van der Waals surface area (Å²) in [6.45, 7) is 0.811. The van der Waals surface area contributed by atoms with E-state index in [2.05, 4.69) is 31.0 Å². The molecule has 2 N–H and O–H groups in total. The number of fused-ring (bicyclic) bond motifs is 1. The number of methoxy groups -OCH3 is 1. The summed E-state index contributed by atoms with van der Waals surface area (Å²) < 4.78 is 99.8. The molecule has 3 amide bonds. The summed E-state index contributed by atoms with van der Waals surface area (Å²) in [7, 11) is 4.80. The normalized spacial score (nSPS) is 21.6. The van der Waals surface area contributed by atoms with E-state index in [4.69, 9.17) is 14.1 Å². The standard InChI is InChI=1S/C25H31B3F6N8O5/c1-21(2,24(29,30)31)46-9-14(37-19(43)18-17(11-4-5-11)39-47-40-18)13-8-41-16(36-13)6-12(7-35-41)15(10-45-3)42-20(44)38-22(26,23(42,27)28)25(32,33)34/h6-8,11,14-15H,4-5,9-10,26-28H2,1-3H3,(H,37,43)(H,38,44)/t14-,15+,22-/m0/s1. The first kappa shape index (κ1) is 34.5. The number of ether oxygens (including phenoxy) is 2. The molecule has 4 heterocycles. The van der Waals surface area contributed by atoms with Crippen molar-refractivity contribution >= 4 is 41.1 Å². The van der Waals surface area contributed by atoms with Gasteiger partial charge < -0.3 is 25.0 Å². The number of nitrogens with one attached hydrogen (secondary N) is 2. The number of alkyl halides is 6. The van der Waals surface area contributed by atoms with Crippen LogP contribution in [-0.4, -0.2) is 114 Å². The first-order valence-electron chi connectivity index (χ1n) is 14.6. The van der Waals surface area contributed by atoms with Crippen LogP contribution in [0.1, 0.15) is 72.1 Å². The SMILES string of the molecule is BC1(B)N([C@H](COC)c2cnn3cc([C@H](COC(C)(C)C(F)(F)F)NC(=O)c4nonc4C4CC4)nc3c2)C(=O)N[C@]1(B)C(F)(F)F. The fourth-order valence-corrected chi connectivity index (χ4v) is 5.39. The topological polar surface area (TPSA) is 149 Å². The highest BCUT2D eigenvalue weighted by Crippen LogP contribution is 2.44. The quantitative estimate of drug-likeness (QED) is 0.218. The van der Waals surface area contributed by atoms with E-state index in [0.29, 0.717) is 5.69 Å². The van der Waals surface area contributed by atoms with Gasteiger partial charge in [-0.05, 0) is 37.9 Å². The maximum absolute atomic E-state index is 14.2. The van der Waals surface area contributed by atoms with Gasteiger partial charge in [0, 0.05) is 23.9 Å². The minimum absolute atomic E-state index is 0.0182. The molecule has 0 aromatic carbocycles. The largest absolute Gasteiger partial charge is 0.416 e. The molecule has 13 nitrogen and oxygen atoms in total. The molecule has 3 aromatic heterocycles. The molecule has 252 valence electrons. The van der Waals surface area contributed by atoms with E-state index in [-0.39, 0.29) is 35.1 Å². The number of imidazole rings is 1. The van der Waals surface area contributed by atoms with Crippen molar-refractivity contribution in [1.29, 1.82) is 0 Å². The fourth-order valence-electron chi connectivity index (χ4n) is 5.39. The van der Waals surface area contributed by atoms with Crippen molar-refractivity contribution in [2.75, 3.05) is 20.3 Å². The van der Waals surface area contributed by atoms with Gasteiger partial charge in [-0.3, -0.25) is 4.79 Å². The van der Waals surface area contributed by atoms with Crippen LogP contribution in [0.25, 0.3) is 5.65 Å². The molecule has 0 spiro atoms. The highest BCUT2D eigenvalue weighted by Gasteiger charge is 2.67. The molecular weight excluding hydrogens is 639 g/mol. The second-order valence-corrected chi connectivity index (χ2v) is 12.8. The molecule has 0 bridgehead atoms. The first-order valence-corrected chi connectivity index (χ1v) is 14.6. The highest BCUT2D eigenvalue weighted by atomic mass is 19.4. The van der Waals surface area contributed by atoms with E-state index in [0.717, 1.165) is 39.4 Å². The molecular formula is C25H31B3F6N8O5. The van der Waals surface area contributed by atoms with Crippen LogP contribution < -0.4 is 10.6 Å². The number of hydrogen-bond donors (Lipinski definition) is 2. The summed E-state index contributed by atoms with van der Waals surface area (Å²) in [4.78, 5) is 31.8. The molecule has 3 aromatic rings. The van der Waals surface area contributed by atoms with E-state index < -0.39 is 59.4 Å². The molecule has 1 aliphatic carbocycles. The number of nitrogens with zero attached hydrogens (tertiary/aromatic N) is 6. The van der Waals surface area contributed by atoms with Crippen LogP contribution in [0, 0.1) is 0 Å². The third kappa shape index (κ3) is 6.16. The maximum Gasteiger partial charge on any atom is 0.416 e. The Morgan fingerprint density at radius 3 is 2.43 bits per heavy atom. The van der Waals surface area contributed by atoms with E-state index in [1.54, 1.807) is 0 Å². The van der Waals surface area contributed by atoms with Crippen LogP contribution in [0.3, 0.4) is 0 Å². The summed E-state index contributed by atoms with van der Waals surface area (Å²) in [5, 5.41) is 14.6. The summed E-state index contributed by atoms with van der Waals surface area (Å²) in [5.74, 6) is -0.789. The summed E-state index contributed by atoms with van der Waals surface area (Å²) in [6, 6.07) is -1.81. The molecule has 1 saturated carbocycles. The van der Waals surface area contributed by atoms with Crippen LogP contribution in [-0.2, 0) is 9.47 Å². The molecule has 22 heteroatoms. The Bertz CT molecular complexity index is 1660. The zero-order valence-electron chi connectivity index (χ0n) is 26.3. The van der Waals surface area contributed by atoms with Crippen LogP contribution >= 0.6 is 0 Å². The Balaban J connectivity index is 1.49. The number of halogens is 6. The molecule has 2 aliphatic rings. The molecule has 1 aliphatic heterocycles. The molecule has 2 fully saturated rings. The zero-order chi connectivity index (χ0) is 34.7. The van der Waals surface area contributed by atoms with Crippen molar-refractivity contribution in [3.05, 3.63) is 41.1 Å². The second-order valence-electron chi connectivity index (χ2n) is 12.8. The first-order chi connectivity index (χ1) is 21.7. The van der Waals surface area contributed by atoms with Gasteiger partial charge in [-0.2, -0.15) is 31.4 Å². The Morgan fingerprint density at radius 2 is 1.85 bits per heavy atom. The number of carbonyl (C=O) groups excluding carboxylic acids is 2. The molecule has 3 atom stereocenters. The summed E-state index contributed by atoms with van der Waals surface area (Å²) in [5.41, 5.74) is -4.53. The molecule has 0 radical (unpaired) electrons. The van der Waals surface area contributed by atoms with Gasteiger partial charge in [-0.25, -0.2) is 18.9 Å². The lowest BCUT2D eigenvalue weighted by atomic mass is 9.44. The second kappa shape index (κ2) is 11.7. The van der Waals surface area contributed by atoms with Crippen LogP contribution in [0.2, 0.25) is 0 Å². The van der Waals surface area contributed by atoms with Gasteiger partial charge in [-0.1, -0.05) is 5.16 Å². The van der Waals surface area contributed by atoms with Crippen molar-refractivity contribution in [3.63, 3.8) is 0 Å². The van der Waals surface area contributed by atoms with Gasteiger partial charge >= 0.3 is 18.4 Å². The number of aromatic nitrogens is 5. The lowest BCUT2D eigenvalue weighted by Crippen LogP contribution is -2.70. The van der Waals surface area contributed by atoms with Crippen LogP contribution in [0.5, 0.6) is 0 Å². The van der Waals surface area contributed by atoms with Gasteiger partial charge in [0.05, 0.1) is 43.4 Å². The van der Waals surface area contributed by atoms with Gasteiger partial charge in [-0.15, -0.1) is 0 Å². The van der Waals surface area contributed by atoms with E-state index in [1.165, 1.54) is 45.8 Å². The van der Waals surface area contributed by atoms with Crippen LogP contribution in [0.15, 0.2) is 23.1 Å². The van der Waals surface area contributed by atoms with Gasteiger partial charge in [0.1, 0.15) is 34.7 Å². The summed E-state index contributed by atoms with van der Waals surface area (Å²) in [6.07, 6.45) is -5.30.